The fourth-order valence-corrected chi connectivity index (χ4v) is 3.33. The maximum Gasteiger partial charge on any atom is 0.257 e. The molecule has 0 bridgehead atoms. The Kier molecular flexibility index (Phi) is 8.48. The van der Waals surface area contributed by atoms with Crippen molar-refractivity contribution in [3.63, 3.8) is 0 Å². The van der Waals surface area contributed by atoms with E-state index in [9.17, 15) is 4.79 Å². The van der Waals surface area contributed by atoms with E-state index >= 15 is 0 Å². The first kappa shape index (κ1) is 20.7. The lowest BCUT2D eigenvalue weighted by Crippen LogP contribution is -2.29. The maximum absolute atomic E-state index is 12.2. The summed E-state index contributed by atoms with van der Waals surface area (Å²) in [5.74, 6) is -0.175. The van der Waals surface area contributed by atoms with E-state index in [1.807, 2.05) is 5.38 Å². The molecule has 3 rings (SSSR count). The number of halogens is 2. The number of carbonyl (C=O) groups excluding carboxylic acids is 1. The number of rotatable bonds is 4. The number of amides is 1. The fourth-order valence-electron chi connectivity index (χ4n) is 2.63. The molecule has 1 fully saturated rings. The minimum atomic E-state index is -0.175. The summed E-state index contributed by atoms with van der Waals surface area (Å²) in [5, 5.41) is 5.49. The van der Waals surface area contributed by atoms with Gasteiger partial charge in [0, 0.05) is 23.2 Å². The highest BCUT2D eigenvalue weighted by Gasteiger charge is 2.13. The summed E-state index contributed by atoms with van der Waals surface area (Å²) < 4.78 is 0. The molecule has 132 valence electrons. The molecular weight excluding hydrogens is 367 g/mol. The van der Waals surface area contributed by atoms with E-state index in [1.165, 1.54) is 30.6 Å². The minimum absolute atomic E-state index is 0. The number of carbonyl (C=O) groups is 1. The molecule has 1 amide bonds. The predicted octanol–water partition coefficient (Wildman–Crippen LogP) is 3.81. The van der Waals surface area contributed by atoms with Crippen LogP contribution in [0, 0.1) is 0 Å². The second-order valence-corrected chi connectivity index (χ2v) is 6.42. The van der Waals surface area contributed by atoms with E-state index < -0.39 is 0 Å². The van der Waals surface area contributed by atoms with Crippen molar-refractivity contribution < 1.29 is 4.79 Å². The van der Waals surface area contributed by atoms with Crippen molar-refractivity contribution in [2.24, 2.45) is 0 Å². The Balaban J connectivity index is 0.00000144. The third-order valence-corrected chi connectivity index (χ3v) is 4.56. The summed E-state index contributed by atoms with van der Waals surface area (Å²) in [6, 6.07) is 6.94. The zero-order valence-corrected chi connectivity index (χ0v) is 15.7. The number of piperidine rings is 1. The van der Waals surface area contributed by atoms with Crippen LogP contribution < -0.4 is 11.1 Å². The van der Waals surface area contributed by atoms with Crippen molar-refractivity contribution in [2.45, 2.75) is 25.8 Å². The van der Waals surface area contributed by atoms with E-state index in [-0.39, 0.29) is 30.7 Å². The fraction of sp³-hybridized carbons (Fsp3) is 0.375. The van der Waals surface area contributed by atoms with Crippen LogP contribution >= 0.6 is 36.2 Å². The van der Waals surface area contributed by atoms with Gasteiger partial charge in [-0.25, -0.2) is 4.98 Å². The monoisotopic (exact) mass is 388 g/mol. The minimum Gasteiger partial charge on any atom is -0.399 e. The van der Waals surface area contributed by atoms with Crippen LogP contribution in [0.25, 0.3) is 0 Å². The van der Waals surface area contributed by atoms with Gasteiger partial charge in [-0.1, -0.05) is 12.5 Å². The summed E-state index contributed by atoms with van der Waals surface area (Å²) >= 11 is 1.46. The van der Waals surface area contributed by atoms with Crippen LogP contribution in [0.15, 0.2) is 29.6 Å². The molecule has 2 aromatic rings. The number of anilines is 2. The summed E-state index contributed by atoms with van der Waals surface area (Å²) in [5.41, 5.74) is 7.85. The average Bonchev–Trinajstić information content (AvgIpc) is 2.95. The van der Waals surface area contributed by atoms with Gasteiger partial charge in [0.2, 0.25) is 0 Å². The SMILES string of the molecule is Cl.Cl.Nc1cccc(C(=O)Nc2nc(CN3CCCCC3)cs2)c1. The highest BCUT2D eigenvalue weighted by molar-refractivity contribution is 7.13. The third kappa shape index (κ3) is 5.63. The van der Waals surface area contributed by atoms with Crippen molar-refractivity contribution in [1.82, 2.24) is 9.88 Å². The molecule has 0 atom stereocenters. The lowest BCUT2D eigenvalue weighted by Gasteiger charge is -2.25. The molecule has 1 aliphatic heterocycles. The molecule has 0 unspecified atom stereocenters. The molecule has 3 N–H and O–H groups in total. The molecule has 2 heterocycles. The summed E-state index contributed by atoms with van der Waals surface area (Å²) in [7, 11) is 0. The first-order valence-electron chi connectivity index (χ1n) is 7.54. The molecule has 0 radical (unpaired) electrons. The number of likely N-dealkylation sites (tertiary alicyclic amines) is 1. The highest BCUT2D eigenvalue weighted by atomic mass is 35.5. The molecule has 8 heteroatoms. The molecule has 1 aliphatic rings. The summed E-state index contributed by atoms with van der Waals surface area (Å²) in [6.07, 6.45) is 3.86. The smallest absolute Gasteiger partial charge is 0.257 e. The molecule has 0 saturated carbocycles. The van der Waals surface area contributed by atoms with Crippen molar-refractivity contribution in [3.05, 3.63) is 40.9 Å². The van der Waals surface area contributed by atoms with Crippen molar-refractivity contribution >= 4 is 52.9 Å². The van der Waals surface area contributed by atoms with Crippen LogP contribution in [0.2, 0.25) is 0 Å². The van der Waals surface area contributed by atoms with Crippen LogP contribution in [-0.2, 0) is 6.54 Å². The third-order valence-electron chi connectivity index (χ3n) is 3.76. The molecule has 5 nitrogen and oxygen atoms in total. The lowest BCUT2D eigenvalue weighted by atomic mass is 10.1. The van der Waals surface area contributed by atoms with E-state index in [4.69, 9.17) is 5.73 Å². The van der Waals surface area contributed by atoms with Gasteiger partial charge in [-0.15, -0.1) is 36.2 Å². The number of nitrogens with one attached hydrogen (secondary N) is 1. The van der Waals surface area contributed by atoms with E-state index in [0.29, 0.717) is 16.4 Å². The topological polar surface area (TPSA) is 71.2 Å². The summed E-state index contributed by atoms with van der Waals surface area (Å²) in [6.45, 7) is 3.15. The van der Waals surface area contributed by atoms with E-state index in [0.717, 1.165) is 25.3 Å². The van der Waals surface area contributed by atoms with E-state index in [2.05, 4.69) is 15.2 Å². The van der Waals surface area contributed by atoms with Gasteiger partial charge in [-0.05, 0) is 44.1 Å². The van der Waals surface area contributed by atoms with Crippen LogP contribution in [0.5, 0.6) is 0 Å². The molecule has 0 spiro atoms. The number of aromatic nitrogens is 1. The van der Waals surface area contributed by atoms with Crippen LogP contribution in [0.3, 0.4) is 0 Å². The molecule has 24 heavy (non-hydrogen) atoms. The van der Waals surface area contributed by atoms with Gasteiger partial charge in [0.15, 0.2) is 5.13 Å². The van der Waals surface area contributed by atoms with Gasteiger partial charge < -0.3 is 5.73 Å². The zero-order valence-electron chi connectivity index (χ0n) is 13.2. The number of hydrogen-bond donors (Lipinski definition) is 2. The molecule has 0 aliphatic carbocycles. The highest BCUT2D eigenvalue weighted by Crippen LogP contribution is 2.19. The number of thiazole rings is 1. The second-order valence-electron chi connectivity index (χ2n) is 5.56. The Morgan fingerprint density at radius 3 is 2.71 bits per heavy atom. The van der Waals surface area contributed by atoms with Gasteiger partial charge in [-0.2, -0.15) is 0 Å². The number of nitrogen functional groups attached to an aromatic ring is 1. The Morgan fingerprint density at radius 2 is 2.00 bits per heavy atom. The van der Waals surface area contributed by atoms with E-state index in [1.54, 1.807) is 24.3 Å². The Bertz CT molecular complexity index is 659. The Hall–Kier alpha value is -1.34. The van der Waals surface area contributed by atoms with Gasteiger partial charge in [0.1, 0.15) is 0 Å². The van der Waals surface area contributed by atoms with Crippen LogP contribution in [-0.4, -0.2) is 28.9 Å². The Labute approximate surface area is 158 Å². The maximum atomic E-state index is 12.2. The molecule has 1 aromatic carbocycles. The first-order chi connectivity index (χ1) is 10.7. The number of hydrogen-bond acceptors (Lipinski definition) is 5. The van der Waals surface area contributed by atoms with Crippen molar-refractivity contribution in [3.8, 4) is 0 Å². The Morgan fingerprint density at radius 1 is 1.25 bits per heavy atom. The largest absolute Gasteiger partial charge is 0.399 e. The van der Waals surface area contributed by atoms with Crippen molar-refractivity contribution in [2.75, 3.05) is 24.1 Å². The van der Waals surface area contributed by atoms with Gasteiger partial charge in [-0.3, -0.25) is 15.0 Å². The number of benzene rings is 1. The number of nitrogens with two attached hydrogens (primary N) is 1. The quantitative estimate of drug-likeness (QED) is 0.781. The standard InChI is InChI=1S/C16H20N4OS.2ClH/c17-13-6-4-5-12(9-13)15(21)19-16-18-14(11-22-16)10-20-7-2-1-3-8-20;;/h4-6,9,11H,1-3,7-8,10,17H2,(H,18,19,21);2*1H. The molecule has 1 aromatic heterocycles. The number of nitrogens with zero attached hydrogens (tertiary/aromatic N) is 2. The van der Waals surface area contributed by atoms with Crippen LogP contribution in [0.1, 0.15) is 35.3 Å². The molecular formula is C16H22Cl2N4OS. The average molecular weight is 389 g/mol. The van der Waals surface area contributed by atoms with Crippen LogP contribution in [0.4, 0.5) is 10.8 Å². The zero-order chi connectivity index (χ0) is 15.4. The first-order valence-corrected chi connectivity index (χ1v) is 8.42. The summed E-state index contributed by atoms with van der Waals surface area (Å²) in [4.78, 5) is 19.1. The van der Waals surface area contributed by atoms with Gasteiger partial charge in [0.05, 0.1) is 5.69 Å². The molecule has 1 saturated heterocycles. The van der Waals surface area contributed by atoms with Gasteiger partial charge >= 0.3 is 0 Å². The second kappa shape index (κ2) is 9.84. The van der Waals surface area contributed by atoms with Gasteiger partial charge in [0.25, 0.3) is 5.91 Å². The lowest BCUT2D eigenvalue weighted by molar-refractivity contribution is 0.102. The predicted molar refractivity (Wildman–Crippen MR) is 105 cm³/mol. The van der Waals surface area contributed by atoms with Crippen molar-refractivity contribution in [1.29, 1.82) is 0 Å². The normalized spacial score (nSPS) is 14.3.